The maximum atomic E-state index is 12.1. The van der Waals surface area contributed by atoms with Crippen LogP contribution in [-0.2, 0) is 25.6 Å². The van der Waals surface area contributed by atoms with E-state index < -0.39 is 41.5 Å². The molecule has 3 aromatic rings. The first-order valence-corrected chi connectivity index (χ1v) is 13.1. The van der Waals surface area contributed by atoms with Crippen LogP contribution in [0, 0.1) is 5.41 Å². The molecule has 1 aliphatic heterocycles. The van der Waals surface area contributed by atoms with Crippen molar-refractivity contribution in [2.75, 3.05) is 6.79 Å². The normalized spacial score (nSPS) is 19.5. The molecule has 3 heterocycles. The van der Waals surface area contributed by atoms with Crippen LogP contribution >= 0.6 is 0 Å². The summed E-state index contributed by atoms with van der Waals surface area (Å²) in [7, 11) is 0. The average Bonchev–Trinajstić information content (AvgIpc) is 3.35. The highest BCUT2D eigenvalue weighted by Crippen LogP contribution is 2.48. The van der Waals surface area contributed by atoms with E-state index in [0.717, 1.165) is 0 Å². The van der Waals surface area contributed by atoms with Gasteiger partial charge >= 0.3 is 11.9 Å². The minimum atomic E-state index is -1.51. The number of aryl methyl sites for hydroxylation is 1. The summed E-state index contributed by atoms with van der Waals surface area (Å²) in [5.41, 5.74) is -2.47. The second kappa shape index (κ2) is 11.3. The highest BCUT2D eigenvalue weighted by Gasteiger charge is 2.54. The lowest BCUT2D eigenvalue weighted by atomic mass is 9.76. The molecule has 0 spiro atoms. The SMILES string of the molecule is CC(C)(C)C(=O)OCOC(=O)CCCn1nnnc1-c1ccc2c(c1)[C@@H](Oc1ccc(=O)[nH]n1)[C@](C)(O)C(C)(C)O2. The van der Waals surface area contributed by atoms with Gasteiger partial charge in [-0.25, -0.2) is 9.78 Å². The summed E-state index contributed by atoms with van der Waals surface area (Å²) in [6.45, 7) is 10.1. The molecule has 0 saturated heterocycles. The van der Waals surface area contributed by atoms with E-state index in [0.29, 0.717) is 35.7 Å². The van der Waals surface area contributed by atoms with Crippen LogP contribution in [0.4, 0.5) is 0 Å². The Morgan fingerprint density at radius 2 is 1.90 bits per heavy atom. The Bertz CT molecular complexity index is 1450. The number of fused-ring (bicyclic) bond motifs is 1. The predicted octanol–water partition coefficient (Wildman–Crippen LogP) is 2.34. The minimum Gasteiger partial charge on any atom is -0.484 e. The number of hydrogen-bond acceptors (Lipinski definition) is 12. The van der Waals surface area contributed by atoms with Gasteiger partial charge in [-0.2, -0.15) is 0 Å². The van der Waals surface area contributed by atoms with E-state index in [1.54, 1.807) is 64.4 Å². The van der Waals surface area contributed by atoms with Crippen LogP contribution in [0.2, 0.25) is 0 Å². The third kappa shape index (κ3) is 6.53. The molecule has 220 valence electrons. The molecule has 0 aliphatic carbocycles. The van der Waals surface area contributed by atoms with Gasteiger partial charge in [-0.15, -0.1) is 10.2 Å². The molecule has 0 unspecified atom stereocenters. The molecular weight excluding hydrogens is 536 g/mol. The van der Waals surface area contributed by atoms with Crippen molar-refractivity contribution in [3.63, 3.8) is 0 Å². The van der Waals surface area contributed by atoms with Gasteiger partial charge in [0.25, 0.3) is 5.56 Å². The zero-order valence-corrected chi connectivity index (χ0v) is 23.8. The standard InChI is InChI=1S/C27H34N6O8/c1-25(2,3)24(36)39-15-38-21(35)8-7-13-33-23(30-31-32-33)16-9-10-18-17(14-16)22(27(6,37)26(4,5)41-18)40-20-12-11-19(34)28-29-20/h9-12,14,22,37H,7-8,13,15H2,1-6H3,(H,28,34)/t22-,27+/m1/s1. The smallest absolute Gasteiger partial charge is 0.314 e. The predicted molar refractivity (Wildman–Crippen MR) is 143 cm³/mol. The topological polar surface area (TPSA) is 181 Å². The van der Waals surface area contributed by atoms with Crippen molar-refractivity contribution in [1.82, 2.24) is 30.4 Å². The van der Waals surface area contributed by atoms with Crippen molar-refractivity contribution in [1.29, 1.82) is 0 Å². The summed E-state index contributed by atoms with van der Waals surface area (Å²) in [5.74, 6) is 0.0489. The molecule has 2 N–H and O–H groups in total. The number of aliphatic hydroxyl groups is 1. The number of esters is 2. The number of tetrazole rings is 1. The second-order valence-corrected chi connectivity index (χ2v) is 11.4. The minimum absolute atomic E-state index is 0.0599. The number of rotatable bonds is 9. The lowest BCUT2D eigenvalue weighted by Crippen LogP contribution is -2.59. The van der Waals surface area contributed by atoms with Crippen molar-refractivity contribution in [3.8, 4) is 23.0 Å². The fraction of sp³-hybridized carbons (Fsp3) is 0.519. The number of aromatic amines is 1. The first-order valence-electron chi connectivity index (χ1n) is 13.1. The number of aromatic nitrogens is 6. The molecule has 2 atom stereocenters. The Morgan fingerprint density at radius 1 is 1.15 bits per heavy atom. The molecule has 4 rings (SSSR count). The number of ether oxygens (including phenoxy) is 4. The Kier molecular flexibility index (Phi) is 8.15. The van der Waals surface area contributed by atoms with Crippen LogP contribution in [-0.4, -0.2) is 65.4 Å². The van der Waals surface area contributed by atoms with Crippen LogP contribution in [0.25, 0.3) is 11.4 Å². The highest BCUT2D eigenvalue weighted by molar-refractivity contribution is 5.75. The van der Waals surface area contributed by atoms with Crippen LogP contribution < -0.4 is 15.0 Å². The second-order valence-electron chi connectivity index (χ2n) is 11.4. The summed E-state index contributed by atoms with van der Waals surface area (Å²) in [6, 6.07) is 7.98. The monoisotopic (exact) mass is 570 g/mol. The molecule has 14 heteroatoms. The molecule has 14 nitrogen and oxygen atoms in total. The van der Waals surface area contributed by atoms with Gasteiger partial charge in [0.15, 0.2) is 11.9 Å². The number of benzene rings is 1. The zero-order valence-electron chi connectivity index (χ0n) is 23.8. The Hall–Kier alpha value is -4.33. The van der Waals surface area contributed by atoms with Gasteiger partial charge in [-0.1, -0.05) is 0 Å². The quantitative estimate of drug-likeness (QED) is 0.283. The molecule has 0 bridgehead atoms. The van der Waals surface area contributed by atoms with Gasteiger partial charge in [-0.05, 0) is 76.6 Å². The average molecular weight is 571 g/mol. The van der Waals surface area contributed by atoms with Gasteiger partial charge in [0.2, 0.25) is 12.7 Å². The van der Waals surface area contributed by atoms with Crippen molar-refractivity contribution in [2.24, 2.45) is 5.41 Å². The summed E-state index contributed by atoms with van der Waals surface area (Å²) in [6.07, 6.45) is -0.499. The maximum Gasteiger partial charge on any atom is 0.314 e. The first-order chi connectivity index (χ1) is 19.2. The maximum absolute atomic E-state index is 12.1. The lowest BCUT2D eigenvalue weighted by Gasteiger charge is -2.48. The Balaban J connectivity index is 1.48. The number of H-pyrrole nitrogens is 1. The molecular formula is C27H34N6O8. The summed E-state index contributed by atoms with van der Waals surface area (Å²) < 4.78 is 23.7. The largest absolute Gasteiger partial charge is 0.484 e. The zero-order chi connectivity index (χ0) is 30.0. The third-order valence-corrected chi connectivity index (χ3v) is 6.84. The molecule has 1 aliphatic rings. The number of carbonyl (C=O) groups is 2. The molecule has 41 heavy (non-hydrogen) atoms. The third-order valence-electron chi connectivity index (χ3n) is 6.84. The number of hydrogen-bond donors (Lipinski definition) is 2. The van der Waals surface area contributed by atoms with E-state index in [1.807, 2.05) is 0 Å². The van der Waals surface area contributed by atoms with Crippen LogP contribution in [0.3, 0.4) is 0 Å². The Morgan fingerprint density at radius 3 is 2.59 bits per heavy atom. The first kappa shape index (κ1) is 29.6. The lowest BCUT2D eigenvalue weighted by molar-refractivity contribution is -0.175. The fourth-order valence-corrected chi connectivity index (χ4v) is 4.05. The van der Waals surface area contributed by atoms with E-state index in [9.17, 15) is 19.5 Å². The van der Waals surface area contributed by atoms with Crippen molar-refractivity contribution < 1.29 is 33.6 Å². The van der Waals surface area contributed by atoms with E-state index in [4.69, 9.17) is 18.9 Å². The Labute approximate surface area is 236 Å². The van der Waals surface area contributed by atoms with Gasteiger partial charge in [0.05, 0.1) is 5.41 Å². The van der Waals surface area contributed by atoms with Gasteiger partial charge < -0.3 is 24.1 Å². The van der Waals surface area contributed by atoms with Crippen molar-refractivity contribution in [2.45, 2.75) is 78.2 Å². The molecule has 0 amide bonds. The summed E-state index contributed by atoms with van der Waals surface area (Å²) in [5, 5.41) is 29.7. The van der Waals surface area contributed by atoms with Crippen molar-refractivity contribution in [3.05, 3.63) is 46.2 Å². The number of nitrogens with zero attached hydrogens (tertiary/aromatic N) is 5. The van der Waals surface area contributed by atoms with E-state index in [-0.39, 0.29) is 17.9 Å². The van der Waals surface area contributed by atoms with E-state index in [2.05, 4.69) is 25.7 Å². The van der Waals surface area contributed by atoms with E-state index >= 15 is 0 Å². The fourth-order valence-electron chi connectivity index (χ4n) is 4.05. The van der Waals surface area contributed by atoms with Crippen molar-refractivity contribution >= 4 is 11.9 Å². The van der Waals surface area contributed by atoms with Crippen LogP contribution in [0.5, 0.6) is 11.6 Å². The molecule has 0 radical (unpaired) electrons. The van der Waals surface area contributed by atoms with Crippen LogP contribution in [0.15, 0.2) is 35.1 Å². The molecule has 1 aromatic carbocycles. The highest BCUT2D eigenvalue weighted by atomic mass is 16.7. The van der Waals surface area contributed by atoms with Gasteiger partial charge in [-0.3, -0.25) is 14.4 Å². The van der Waals surface area contributed by atoms with Gasteiger partial charge in [0, 0.05) is 36.2 Å². The van der Waals surface area contributed by atoms with Crippen LogP contribution in [0.1, 0.15) is 66.1 Å². The van der Waals surface area contributed by atoms with Gasteiger partial charge in [0.1, 0.15) is 17.0 Å². The molecule has 0 fully saturated rings. The summed E-state index contributed by atoms with van der Waals surface area (Å²) in [4.78, 5) is 35.3. The van der Waals surface area contributed by atoms with E-state index in [1.165, 1.54) is 12.1 Å². The number of carbonyl (C=O) groups excluding carboxylic acids is 2. The number of nitrogens with one attached hydrogen (secondary N) is 1. The molecule has 0 saturated carbocycles. The summed E-state index contributed by atoms with van der Waals surface area (Å²) >= 11 is 0. The molecule has 2 aromatic heterocycles.